The third kappa shape index (κ3) is 4.43. The second-order valence-corrected chi connectivity index (χ2v) is 5.55. The van der Waals surface area contributed by atoms with Gasteiger partial charge in [0.25, 0.3) is 0 Å². The number of rotatable bonds is 6. The van der Waals surface area contributed by atoms with E-state index in [1.165, 1.54) is 20.0 Å². The summed E-state index contributed by atoms with van der Waals surface area (Å²) in [6.45, 7) is 6.29. The van der Waals surface area contributed by atoms with E-state index in [-0.39, 0.29) is 5.97 Å². The van der Waals surface area contributed by atoms with Gasteiger partial charge in [-0.2, -0.15) is 0 Å². The number of hydrogen-bond donors (Lipinski definition) is 1. The minimum atomic E-state index is -0.311. The van der Waals surface area contributed by atoms with Gasteiger partial charge < -0.3 is 15.0 Å². The van der Waals surface area contributed by atoms with E-state index < -0.39 is 0 Å². The van der Waals surface area contributed by atoms with Crippen molar-refractivity contribution >= 4 is 11.8 Å². The maximum absolute atomic E-state index is 11.7. The van der Waals surface area contributed by atoms with Crippen LogP contribution in [0.5, 0.6) is 0 Å². The molecule has 116 valence electrons. The third-order valence-corrected chi connectivity index (χ3v) is 3.86. The van der Waals surface area contributed by atoms with E-state index in [0.717, 1.165) is 38.4 Å². The lowest BCUT2D eigenvalue weighted by Crippen LogP contribution is -2.39. The molecule has 0 amide bonds. The molecular weight excluding hydrogens is 266 g/mol. The van der Waals surface area contributed by atoms with Gasteiger partial charge in [0.15, 0.2) is 0 Å². The normalized spacial score (nSPS) is 18.3. The number of anilines is 1. The molecule has 1 aromatic rings. The quantitative estimate of drug-likeness (QED) is 0.813. The number of pyridine rings is 1. The second-order valence-electron chi connectivity index (χ2n) is 5.55. The van der Waals surface area contributed by atoms with Crippen molar-refractivity contribution in [2.24, 2.45) is 5.92 Å². The number of nitrogens with zero attached hydrogens (tertiary/aromatic N) is 2. The Balaban J connectivity index is 2.10. The standard InChI is InChI=1S/C16H25N3O2/c1-3-9-19(12-13-5-4-7-17-11-13)15-10-14(6-8-18-15)16(20)21-2/h6,8,10,13,17H,3-5,7,9,11-12H2,1-2H3. The Labute approximate surface area is 126 Å². The van der Waals surface area contributed by atoms with Crippen molar-refractivity contribution in [2.45, 2.75) is 26.2 Å². The monoisotopic (exact) mass is 291 g/mol. The van der Waals surface area contributed by atoms with Crippen molar-refractivity contribution in [3.8, 4) is 0 Å². The van der Waals surface area contributed by atoms with E-state index in [4.69, 9.17) is 4.74 Å². The van der Waals surface area contributed by atoms with Crippen LogP contribution in [0.2, 0.25) is 0 Å². The SMILES string of the molecule is CCCN(CC1CCCNC1)c1cc(C(=O)OC)ccn1. The Morgan fingerprint density at radius 3 is 3.10 bits per heavy atom. The highest BCUT2D eigenvalue weighted by Crippen LogP contribution is 2.18. The zero-order chi connectivity index (χ0) is 15.1. The number of nitrogens with one attached hydrogen (secondary N) is 1. The predicted molar refractivity (Wildman–Crippen MR) is 83.7 cm³/mol. The zero-order valence-corrected chi connectivity index (χ0v) is 13.0. The van der Waals surface area contributed by atoms with Gasteiger partial charge in [0.1, 0.15) is 5.82 Å². The number of esters is 1. The molecule has 2 heterocycles. The fourth-order valence-electron chi connectivity index (χ4n) is 2.80. The van der Waals surface area contributed by atoms with Crippen LogP contribution in [-0.2, 0) is 4.74 Å². The van der Waals surface area contributed by atoms with E-state index >= 15 is 0 Å². The summed E-state index contributed by atoms with van der Waals surface area (Å²) < 4.78 is 4.79. The second kappa shape index (κ2) is 7.98. The molecule has 1 fully saturated rings. The van der Waals surface area contributed by atoms with E-state index in [2.05, 4.69) is 22.1 Å². The van der Waals surface area contributed by atoms with Crippen LogP contribution in [0.1, 0.15) is 36.5 Å². The first kappa shape index (κ1) is 15.8. The largest absolute Gasteiger partial charge is 0.465 e. The first-order chi connectivity index (χ1) is 10.2. The Morgan fingerprint density at radius 1 is 1.57 bits per heavy atom. The molecule has 2 rings (SSSR count). The maximum atomic E-state index is 11.7. The summed E-state index contributed by atoms with van der Waals surface area (Å²) in [4.78, 5) is 18.4. The minimum absolute atomic E-state index is 0.311. The molecule has 1 unspecified atom stereocenters. The average molecular weight is 291 g/mol. The van der Waals surface area contributed by atoms with Crippen LogP contribution in [-0.4, -0.2) is 44.2 Å². The smallest absolute Gasteiger partial charge is 0.338 e. The van der Waals surface area contributed by atoms with Crippen LogP contribution in [0.25, 0.3) is 0 Å². The summed E-state index contributed by atoms with van der Waals surface area (Å²) in [6.07, 6.45) is 5.23. The third-order valence-electron chi connectivity index (χ3n) is 3.86. The summed E-state index contributed by atoms with van der Waals surface area (Å²) in [5.41, 5.74) is 0.561. The first-order valence-electron chi connectivity index (χ1n) is 7.74. The molecule has 1 N–H and O–H groups in total. The molecule has 0 aromatic carbocycles. The Bertz CT molecular complexity index is 459. The van der Waals surface area contributed by atoms with E-state index in [1.54, 1.807) is 12.3 Å². The molecule has 1 atom stereocenters. The molecule has 1 aliphatic rings. The average Bonchev–Trinajstić information content (AvgIpc) is 2.55. The van der Waals surface area contributed by atoms with Gasteiger partial charge in [0, 0.05) is 19.3 Å². The molecule has 0 bridgehead atoms. The molecule has 1 saturated heterocycles. The molecule has 5 nitrogen and oxygen atoms in total. The summed E-state index contributed by atoms with van der Waals surface area (Å²) >= 11 is 0. The van der Waals surface area contributed by atoms with Gasteiger partial charge in [-0.05, 0) is 50.4 Å². The molecule has 1 aliphatic heterocycles. The number of piperidine rings is 1. The highest BCUT2D eigenvalue weighted by atomic mass is 16.5. The number of methoxy groups -OCH3 is 1. The Morgan fingerprint density at radius 2 is 2.43 bits per heavy atom. The van der Waals surface area contributed by atoms with Crippen LogP contribution in [0.4, 0.5) is 5.82 Å². The molecule has 0 aliphatic carbocycles. The van der Waals surface area contributed by atoms with Gasteiger partial charge >= 0.3 is 5.97 Å². The van der Waals surface area contributed by atoms with E-state index in [9.17, 15) is 4.79 Å². The lowest BCUT2D eigenvalue weighted by molar-refractivity contribution is 0.0600. The Kier molecular flexibility index (Phi) is 5.99. The lowest BCUT2D eigenvalue weighted by Gasteiger charge is -2.31. The molecule has 0 spiro atoms. The van der Waals surface area contributed by atoms with Crippen molar-refractivity contribution in [3.63, 3.8) is 0 Å². The van der Waals surface area contributed by atoms with Gasteiger partial charge in [0.2, 0.25) is 0 Å². The van der Waals surface area contributed by atoms with Crippen molar-refractivity contribution < 1.29 is 9.53 Å². The lowest BCUT2D eigenvalue weighted by atomic mass is 9.99. The van der Waals surface area contributed by atoms with E-state index in [1.807, 2.05) is 6.07 Å². The number of carbonyl (C=O) groups excluding carboxylic acids is 1. The van der Waals surface area contributed by atoms with Gasteiger partial charge in [-0.25, -0.2) is 9.78 Å². The summed E-state index contributed by atoms with van der Waals surface area (Å²) in [5, 5.41) is 3.45. The summed E-state index contributed by atoms with van der Waals surface area (Å²) in [5.74, 6) is 1.20. The number of ether oxygens (including phenoxy) is 1. The van der Waals surface area contributed by atoms with Crippen LogP contribution >= 0.6 is 0 Å². The maximum Gasteiger partial charge on any atom is 0.338 e. The van der Waals surface area contributed by atoms with Crippen LogP contribution < -0.4 is 10.2 Å². The highest BCUT2D eigenvalue weighted by Gasteiger charge is 2.18. The number of aromatic nitrogens is 1. The summed E-state index contributed by atoms with van der Waals surface area (Å²) in [6, 6.07) is 3.53. The minimum Gasteiger partial charge on any atom is -0.465 e. The van der Waals surface area contributed by atoms with Crippen molar-refractivity contribution in [3.05, 3.63) is 23.9 Å². The van der Waals surface area contributed by atoms with Crippen molar-refractivity contribution in [2.75, 3.05) is 38.2 Å². The van der Waals surface area contributed by atoms with Crippen molar-refractivity contribution in [1.82, 2.24) is 10.3 Å². The summed E-state index contributed by atoms with van der Waals surface area (Å²) in [7, 11) is 1.40. The highest BCUT2D eigenvalue weighted by molar-refractivity contribution is 5.90. The zero-order valence-electron chi connectivity index (χ0n) is 13.0. The molecule has 0 saturated carbocycles. The van der Waals surface area contributed by atoms with Gasteiger partial charge in [-0.1, -0.05) is 6.92 Å². The fourth-order valence-corrected chi connectivity index (χ4v) is 2.80. The van der Waals surface area contributed by atoms with Gasteiger partial charge in [-0.3, -0.25) is 0 Å². The fraction of sp³-hybridized carbons (Fsp3) is 0.625. The molecule has 21 heavy (non-hydrogen) atoms. The van der Waals surface area contributed by atoms with Crippen LogP contribution in [0, 0.1) is 5.92 Å². The number of carbonyl (C=O) groups is 1. The number of hydrogen-bond acceptors (Lipinski definition) is 5. The topological polar surface area (TPSA) is 54.5 Å². The van der Waals surface area contributed by atoms with Gasteiger partial charge in [0.05, 0.1) is 12.7 Å². The predicted octanol–water partition coefficient (Wildman–Crippen LogP) is 2.08. The molecule has 1 aromatic heterocycles. The van der Waals surface area contributed by atoms with Crippen molar-refractivity contribution in [1.29, 1.82) is 0 Å². The van der Waals surface area contributed by atoms with Crippen LogP contribution in [0.15, 0.2) is 18.3 Å². The van der Waals surface area contributed by atoms with Crippen LogP contribution in [0.3, 0.4) is 0 Å². The molecular formula is C16H25N3O2. The van der Waals surface area contributed by atoms with E-state index in [0.29, 0.717) is 11.5 Å². The van der Waals surface area contributed by atoms with Gasteiger partial charge in [-0.15, -0.1) is 0 Å². The molecule has 0 radical (unpaired) electrons. The molecule has 5 heteroatoms. The Hall–Kier alpha value is -1.62. The first-order valence-corrected chi connectivity index (χ1v) is 7.74.